The Labute approximate surface area is 409 Å². The van der Waals surface area contributed by atoms with Crippen LogP contribution in [-0.4, -0.2) is 23.1 Å². The minimum atomic E-state index is -0.188. The molecule has 69 heavy (non-hydrogen) atoms. The lowest BCUT2D eigenvalue weighted by atomic mass is 9.66. The van der Waals surface area contributed by atoms with Crippen LogP contribution in [0.25, 0.3) is 16.5 Å². The summed E-state index contributed by atoms with van der Waals surface area (Å²) >= 11 is 0. The summed E-state index contributed by atoms with van der Waals surface area (Å²) in [6, 6.07) is 17.7. The molecule has 350 valence electrons. The SMILES string of the molecule is CC12CC=CC=C1N(C1=CC=CCC1)C1=C2c2oc3c(C4N=CC(C5=C(C6=CCCCC6)C=CCC5C5CC=CCC5)CC4C4N=C(C5=CC=CCC5)NC(c5ccccc5)N4)cccc3c2CC1. The van der Waals surface area contributed by atoms with Gasteiger partial charge in [0.25, 0.3) is 0 Å². The Morgan fingerprint density at radius 2 is 1.68 bits per heavy atom. The molecule has 2 aromatic carbocycles. The highest BCUT2D eigenvalue weighted by Crippen LogP contribution is 2.61. The van der Waals surface area contributed by atoms with Crippen molar-refractivity contribution in [2.75, 3.05) is 0 Å². The number of aliphatic imine (C=N–C) groups is 2. The van der Waals surface area contributed by atoms with Gasteiger partial charge in [0, 0.05) is 62.6 Å². The Balaban J connectivity index is 0.969. The molecular formula is C63H67N5O. The third kappa shape index (κ3) is 7.55. The van der Waals surface area contributed by atoms with Gasteiger partial charge in [0.2, 0.25) is 0 Å². The number of fused-ring (bicyclic) bond motifs is 6. The summed E-state index contributed by atoms with van der Waals surface area (Å²) in [6.45, 7) is 2.46. The van der Waals surface area contributed by atoms with E-state index in [0.717, 1.165) is 75.0 Å². The second kappa shape index (κ2) is 18.1. The number of rotatable bonds is 8. The number of hydrogen-bond donors (Lipinski definition) is 2. The lowest BCUT2D eigenvalue weighted by Crippen LogP contribution is -2.53. The molecule has 0 amide bonds. The second-order valence-corrected chi connectivity index (χ2v) is 21.6. The second-order valence-electron chi connectivity index (χ2n) is 21.6. The molecule has 0 radical (unpaired) electrons. The molecule has 2 N–H and O–H groups in total. The van der Waals surface area contributed by atoms with Crippen molar-refractivity contribution in [2.45, 2.75) is 128 Å². The largest absolute Gasteiger partial charge is 0.456 e. The lowest BCUT2D eigenvalue weighted by Gasteiger charge is -2.43. The molecule has 8 atom stereocenters. The first kappa shape index (κ1) is 43.1. The van der Waals surface area contributed by atoms with E-state index in [9.17, 15) is 0 Å². The molecule has 13 rings (SSSR count). The third-order valence-electron chi connectivity index (χ3n) is 17.5. The van der Waals surface area contributed by atoms with Crippen LogP contribution in [0, 0.1) is 29.1 Å². The number of aryl methyl sites for hydroxylation is 1. The van der Waals surface area contributed by atoms with Crippen molar-refractivity contribution < 1.29 is 4.42 Å². The fraction of sp³-hybridized carbons (Fsp3) is 0.397. The molecule has 8 unspecified atom stereocenters. The average Bonchev–Trinajstić information content (AvgIpc) is 3.94. The van der Waals surface area contributed by atoms with E-state index in [1.54, 1.807) is 11.1 Å². The van der Waals surface area contributed by atoms with Crippen molar-refractivity contribution in [3.05, 3.63) is 195 Å². The van der Waals surface area contributed by atoms with Crippen molar-refractivity contribution in [3.63, 3.8) is 0 Å². The summed E-state index contributed by atoms with van der Waals surface area (Å²) in [6.07, 6.45) is 52.9. The summed E-state index contributed by atoms with van der Waals surface area (Å²) in [7, 11) is 0. The summed E-state index contributed by atoms with van der Waals surface area (Å²) in [5.74, 6) is 3.53. The minimum absolute atomic E-state index is 0.0567. The Bertz CT molecular complexity index is 2970. The number of hydrogen-bond acceptors (Lipinski definition) is 6. The molecule has 0 fully saturated rings. The normalized spacial score (nSPS) is 31.7. The number of benzene rings is 2. The molecule has 0 saturated heterocycles. The van der Waals surface area contributed by atoms with Gasteiger partial charge in [-0.05, 0) is 156 Å². The molecule has 6 nitrogen and oxygen atoms in total. The van der Waals surface area contributed by atoms with Crippen LogP contribution < -0.4 is 10.6 Å². The number of allylic oxidation sites excluding steroid dienone is 20. The van der Waals surface area contributed by atoms with Crippen LogP contribution >= 0.6 is 0 Å². The van der Waals surface area contributed by atoms with Crippen LogP contribution in [-0.2, 0) is 6.42 Å². The Morgan fingerprint density at radius 3 is 2.51 bits per heavy atom. The summed E-state index contributed by atoms with van der Waals surface area (Å²) in [4.78, 5) is 14.3. The highest BCUT2D eigenvalue weighted by molar-refractivity contribution is 5.99. The zero-order chi connectivity index (χ0) is 45.9. The molecular weight excluding hydrogens is 843 g/mol. The van der Waals surface area contributed by atoms with E-state index in [2.05, 4.69) is 162 Å². The molecule has 4 heterocycles. The van der Waals surface area contributed by atoms with Gasteiger partial charge >= 0.3 is 0 Å². The molecule has 10 aliphatic rings. The zero-order valence-electron chi connectivity index (χ0n) is 40.4. The fourth-order valence-corrected chi connectivity index (χ4v) is 14.1. The van der Waals surface area contributed by atoms with E-state index in [1.165, 1.54) is 101 Å². The van der Waals surface area contributed by atoms with Gasteiger partial charge < -0.3 is 14.6 Å². The van der Waals surface area contributed by atoms with Gasteiger partial charge in [-0.3, -0.25) is 10.3 Å². The van der Waals surface area contributed by atoms with Crippen LogP contribution in [0.4, 0.5) is 0 Å². The fourth-order valence-electron chi connectivity index (χ4n) is 14.1. The van der Waals surface area contributed by atoms with E-state index in [-0.39, 0.29) is 35.6 Å². The van der Waals surface area contributed by atoms with E-state index in [4.69, 9.17) is 14.4 Å². The standard InChI is InChI=1S/C63H67N5O/c1-63-38-18-17-35-54(63)68(46-29-15-6-16-30-46)53-37-36-50-49-33-20-34-51(58(49)69-59(50)56(53)63)57-52(62-66-60(43-25-11-4-12-26-43)65-61(67-62)44-27-13-5-14-28-44)39-45(40-64-57)55-47(41-21-7-2-8-22-41)31-19-32-48(55)42-23-9-3-10-24-42/h2,4-7,11-13,15,17-20,23,25-27,29,32-35,40-41,45,47,52,57,60,62,66H,3,8-10,14,16,21-22,24,28,30-31,36-39H2,1H3,(H,65,67). The molecule has 1 aromatic heterocycles. The highest BCUT2D eigenvalue weighted by Gasteiger charge is 2.51. The topological polar surface area (TPSA) is 65.2 Å². The van der Waals surface area contributed by atoms with Crippen molar-refractivity contribution in [2.24, 2.45) is 39.1 Å². The smallest absolute Gasteiger partial charge is 0.140 e. The number of nitrogens with one attached hydrogen (secondary N) is 2. The van der Waals surface area contributed by atoms with Crippen molar-refractivity contribution >= 4 is 28.6 Å². The first-order chi connectivity index (χ1) is 34.1. The van der Waals surface area contributed by atoms with Crippen LogP contribution in [0.1, 0.15) is 138 Å². The molecule has 0 spiro atoms. The average molecular weight is 910 g/mol. The van der Waals surface area contributed by atoms with Crippen molar-refractivity contribution in [1.29, 1.82) is 0 Å². The molecule has 3 aromatic rings. The Hall–Kier alpha value is -5.98. The number of para-hydroxylation sites is 1. The number of nitrogens with zero attached hydrogens (tertiary/aromatic N) is 3. The Kier molecular flexibility index (Phi) is 11.3. The zero-order valence-corrected chi connectivity index (χ0v) is 40.4. The van der Waals surface area contributed by atoms with Crippen molar-refractivity contribution in [1.82, 2.24) is 15.5 Å². The lowest BCUT2D eigenvalue weighted by molar-refractivity contribution is 0.230. The first-order valence-corrected chi connectivity index (χ1v) is 26.7. The molecule has 3 aliphatic heterocycles. The van der Waals surface area contributed by atoms with Gasteiger partial charge in [0.15, 0.2) is 0 Å². The van der Waals surface area contributed by atoms with Gasteiger partial charge in [-0.15, -0.1) is 0 Å². The molecule has 7 aliphatic carbocycles. The first-order valence-electron chi connectivity index (χ1n) is 26.7. The quantitative estimate of drug-likeness (QED) is 0.221. The predicted octanol–water partition coefficient (Wildman–Crippen LogP) is 14.9. The monoisotopic (exact) mass is 910 g/mol. The van der Waals surface area contributed by atoms with Crippen LogP contribution in [0.3, 0.4) is 0 Å². The highest BCUT2D eigenvalue weighted by atomic mass is 16.3. The van der Waals surface area contributed by atoms with Gasteiger partial charge in [0.05, 0.1) is 6.04 Å². The maximum atomic E-state index is 7.56. The summed E-state index contributed by atoms with van der Waals surface area (Å²) in [5.41, 5.74) is 16.3. The minimum Gasteiger partial charge on any atom is -0.456 e. The van der Waals surface area contributed by atoms with Gasteiger partial charge in [-0.2, -0.15) is 0 Å². The van der Waals surface area contributed by atoms with Crippen molar-refractivity contribution in [3.8, 4) is 0 Å². The maximum absolute atomic E-state index is 7.56. The number of amidine groups is 1. The predicted molar refractivity (Wildman–Crippen MR) is 283 cm³/mol. The Morgan fingerprint density at radius 1 is 0.783 bits per heavy atom. The van der Waals surface area contributed by atoms with Gasteiger partial charge in [-0.25, -0.2) is 4.99 Å². The molecule has 0 bridgehead atoms. The summed E-state index contributed by atoms with van der Waals surface area (Å²) in [5, 5.41) is 9.30. The van der Waals surface area contributed by atoms with Crippen LogP contribution in [0.15, 0.2) is 187 Å². The van der Waals surface area contributed by atoms with Gasteiger partial charge in [0.1, 0.15) is 29.5 Å². The van der Waals surface area contributed by atoms with Crippen LogP contribution in [0.2, 0.25) is 0 Å². The van der Waals surface area contributed by atoms with Gasteiger partial charge in [-0.1, -0.05) is 127 Å². The summed E-state index contributed by atoms with van der Waals surface area (Å²) < 4.78 is 7.56. The maximum Gasteiger partial charge on any atom is 0.140 e. The molecule has 0 saturated carbocycles. The third-order valence-corrected chi connectivity index (χ3v) is 17.5. The van der Waals surface area contributed by atoms with E-state index >= 15 is 0 Å². The van der Waals surface area contributed by atoms with E-state index in [0.29, 0.717) is 11.8 Å². The van der Waals surface area contributed by atoms with E-state index in [1.807, 2.05) is 0 Å². The van der Waals surface area contributed by atoms with E-state index < -0.39 is 0 Å². The number of furan rings is 1. The molecule has 6 heteroatoms. The van der Waals surface area contributed by atoms with Crippen LogP contribution in [0.5, 0.6) is 0 Å².